The van der Waals surface area contributed by atoms with Crippen molar-refractivity contribution in [3.05, 3.63) is 47.7 Å². The molecule has 0 unspecified atom stereocenters. The van der Waals surface area contributed by atoms with Crippen molar-refractivity contribution in [1.82, 2.24) is 15.5 Å². The number of aromatic nitrogens is 2. The van der Waals surface area contributed by atoms with Crippen molar-refractivity contribution in [3.63, 3.8) is 0 Å². The molecule has 6 nitrogen and oxygen atoms in total. The van der Waals surface area contributed by atoms with Crippen LogP contribution in [-0.2, 0) is 6.42 Å². The molecule has 1 aromatic heterocycles. The number of amides is 1. The number of carbonyl (C=O) groups excluding carboxylic acids is 1. The van der Waals surface area contributed by atoms with Crippen LogP contribution >= 0.6 is 0 Å². The summed E-state index contributed by atoms with van der Waals surface area (Å²) in [4.78, 5) is 11.3. The Balaban J connectivity index is 1.85. The zero-order valence-electron chi connectivity index (χ0n) is 11.1. The van der Waals surface area contributed by atoms with E-state index in [0.29, 0.717) is 12.4 Å². The number of anilines is 1. The summed E-state index contributed by atoms with van der Waals surface area (Å²) in [5.74, 6) is 0.627. The van der Waals surface area contributed by atoms with Gasteiger partial charge in [0.25, 0.3) is 5.91 Å². The molecular formula is C14H16N4O2. The van der Waals surface area contributed by atoms with Gasteiger partial charge >= 0.3 is 0 Å². The SMILES string of the molecule is CNC(=O)c1ccc(NCCc2ccc(O)cc2)nn1. The Kier molecular flexibility index (Phi) is 4.49. The smallest absolute Gasteiger partial charge is 0.271 e. The Hall–Kier alpha value is -2.63. The molecule has 20 heavy (non-hydrogen) atoms. The van der Waals surface area contributed by atoms with Crippen molar-refractivity contribution in [1.29, 1.82) is 0 Å². The highest BCUT2D eigenvalue weighted by Gasteiger charge is 2.05. The second-order valence-electron chi connectivity index (χ2n) is 4.23. The van der Waals surface area contributed by atoms with Gasteiger partial charge < -0.3 is 15.7 Å². The molecule has 0 saturated carbocycles. The van der Waals surface area contributed by atoms with Gasteiger partial charge in [0, 0.05) is 13.6 Å². The molecule has 0 saturated heterocycles. The van der Waals surface area contributed by atoms with E-state index in [4.69, 9.17) is 0 Å². The summed E-state index contributed by atoms with van der Waals surface area (Å²) >= 11 is 0. The quantitative estimate of drug-likeness (QED) is 0.761. The van der Waals surface area contributed by atoms with Crippen LogP contribution in [0.15, 0.2) is 36.4 Å². The molecule has 0 fully saturated rings. The first-order valence-corrected chi connectivity index (χ1v) is 6.26. The molecule has 1 heterocycles. The van der Waals surface area contributed by atoms with Crippen molar-refractivity contribution in [2.75, 3.05) is 18.9 Å². The summed E-state index contributed by atoms with van der Waals surface area (Å²) in [5, 5.41) is 22.6. The van der Waals surface area contributed by atoms with Crippen molar-refractivity contribution < 1.29 is 9.90 Å². The number of hydrogen-bond donors (Lipinski definition) is 3. The summed E-state index contributed by atoms with van der Waals surface area (Å²) in [5.41, 5.74) is 1.40. The number of hydrogen-bond acceptors (Lipinski definition) is 5. The van der Waals surface area contributed by atoms with Crippen LogP contribution in [0.4, 0.5) is 5.82 Å². The number of aromatic hydroxyl groups is 1. The third-order valence-corrected chi connectivity index (χ3v) is 2.78. The summed E-state index contributed by atoms with van der Waals surface area (Å²) in [7, 11) is 1.55. The summed E-state index contributed by atoms with van der Waals surface area (Å²) in [6.07, 6.45) is 0.805. The fourth-order valence-corrected chi connectivity index (χ4v) is 1.67. The normalized spacial score (nSPS) is 10.1. The molecule has 0 radical (unpaired) electrons. The molecule has 0 bridgehead atoms. The Bertz CT molecular complexity index is 567. The van der Waals surface area contributed by atoms with Crippen molar-refractivity contribution in [3.8, 4) is 5.75 Å². The molecule has 104 valence electrons. The number of phenolic OH excluding ortho intramolecular Hbond substituents is 1. The molecule has 0 spiro atoms. The van der Waals surface area contributed by atoms with Crippen LogP contribution in [0.1, 0.15) is 16.1 Å². The Morgan fingerprint density at radius 2 is 1.90 bits per heavy atom. The van der Waals surface area contributed by atoms with E-state index in [1.165, 1.54) is 0 Å². The van der Waals surface area contributed by atoms with Gasteiger partial charge in [-0.05, 0) is 36.2 Å². The van der Waals surface area contributed by atoms with Crippen molar-refractivity contribution >= 4 is 11.7 Å². The highest BCUT2D eigenvalue weighted by atomic mass is 16.3. The second-order valence-corrected chi connectivity index (χ2v) is 4.23. The molecule has 0 atom stereocenters. The Morgan fingerprint density at radius 1 is 1.15 bits per heavy atom. The molecule has 6 heteroatoms. The van der Waals surface area contributed by atoms with Gasteiger partial charge in [-0.15, -0.1) is 10.2 Å². The minimum Gasteiger partial charge on any atom is -0.508 e. The second kappa shape index (κ2) is 6.51. The van der Waals surface area contributed by atoms with E-state index in [1.54, 1.807) is 31.3 Å². The molecule has 0 aliphatic rings. The number of carbonyl (C=O) groups is 1. The van der Waals surface area contributed by atoms with Crippen LogP contribution in [0.5, 0.6) is 5.75 Å². The van der Waals surface area contributed by atoms with Gasteiger partial charge in [0.1, 0.15) is 11.6 Å². The van der Waals surface area contributed by atoms with Gasteiger partial charge in [-0.25, -0.2) is 0 Å². The maximum atomic E-state index is 11.3. The minimum atomic E-state index is -0.256. The third-order valence-electron chi connectivity index (χ3n) is 2.78. The molecule has 0 aliphatic carbocycles. The number of nitrogens with one attached hydrogen (secondary N) is 2. The van der Waals surface area contributed by atoms with Crippen molar-refractivity contribution in [2.45, 2.75) is 6.42 Å². The summed E-state index contributed by atoms with van der Waals surface area (Å²) < 4.78 is 0. The van der Waals surface area contributed by atoms with E-state index in [9.17, 15) is 9.90 Å². The van der Waals surface area contributed by atoms with Gasteiger partial charge in [0.2, 0.25) is 0 Å². The predicted molar refractivity (Wildman–Crippen MR) is 75.7 cm³/mol. The zero-order valence-corrected chi connectivity index (χ0v) is 11.1. The molecule has 1 amide bonds. The van der Waals surface area contributed by atoms with Crippen LogP contribution in [0.25, 0.3) is 0 Å². The van der Waals surface area contributed by atoms with Crippen LogP contribution in [0, 0.1) is 0 Å². The molecule has 2 aromatic rings. The summed E-state index contributed by atoms with van der Waals surface area (Å²) in [6.45, 7) is 0.693. The average Bonchev–Trinajstić information content (AvgIpc) is 2.49. The Labute approximate surface area is 116 Å². The molecular weight excluding hydrogens is 256 g/mol. The van der Waals surface area contributed by atoms with Crippen molar-refractivity contribution in [2.24, 2.45) is 0 Å². The third kappa shape index (κ3) is 3.68. The van der Waals surface area contributed by atoms with E-state index >= 15 is 0 Å². The topological polar surface area (TPSA) is 87.1 Å². The van der Waals surface area contributed by atoms with E-state index < -0.39 is 0 Å². The molecule has 3 N–H and O–H groups in total. The number of phenols is 1. The molecule has 1 aromatic carbocycles. The van der Waals surface area contributed by atoms with Crippen LogP contribution in [0.3, 0.4) is 0 Å². The van der Waals surface area contributed by atoms with E-state index in [-0.39, 0.29) is 17.4 Å². The monoisotopic (exact) mass is 272 g/mol. The number of rotatable bonds is 5. The standard InChI is InChI=1S/C14H16N4O2/c1-15-14(20)12-6-7-13(18-17-12)16-9-8-10-2-4-11(19)5-3-10/h2-7,19H,8-9H2,1H3,(H,15,20)(H,16,18). The lowest BCUT2D eigenvalue weighted by Crippen LogP contribution is -2.20. The van der Waals surface area contributed by atoms with Crippen LogP contribution in [0.2, 0.25) is 0 Å². The van der Waals surface area contributed by atoms with Gasteiger partial charge in [-0.1, -0.05) is 12.1 Å². The lowest BCUT2D eigenvalue weighted by molar-refractivity contribution is 0.0957. The van der Waals surface area contributed by atoms with E-state index in [0.717, 1.165) is 12.0 Å². The first kappa shape index (κ1) is 13.8. The van der Waals surface area contributed by atoms with Gasteiger partial charge in [-0.2, -0.15) is 0 Å². The molecule has 0 aliphatic heterocycles. The lowest BCUT2D eigenvalue weighted by atomic mass is 10.1. The fourth-order valence-electron chi connectivity index (χ4n) is 1.67. The highest BCUT2D eigenvalue weighted by molar-refractivity contribution is 5.91. The van der Waals surface area contributed by atoms with E-state index in [2.05, 4.69) is 20.8 Å². The maximum absolute atomic E-state index is 11.3. The number of nitrogens with zero attached hydrogens (tertiary/aromatic N) is 2. The first-order valence-electron chi connectivity index (χ1n) is 6.26. The number of benzene rings is 1. The zero-order chi connectivity index (χ0) is 14.4. The predicted octanol–water partition coefficient (Wildman–Crippen LogP) is 1.20. The minimum absolute atomic E-state index is 0.256. The van der Waals surface area contributed by atoms with Crippen LogP contribution < -0.4 is 10.6 Å². The molecule has 2 rings (SSSR count). The first-order chi connectivity index (χ1) is 9.69. The highest BCUT2D eigenvalue weighted by Crippen LogP contribution is 2.10. The van der Waals surface area contributed by atoms with Gasteiger partial charge in [0.15, 0.2) is 5.69 Å². The van der Waals surface area contributed by atoms with E-state index in [1.807, 2.05) is 12.1 Å². The van der Waals surface area contributed by atoms with Gasteiger partial charge in [0.05, 0.1) is 0 Å². The Morgan fingerprint density at radius 3 is 2.50 bits per heavy atom. The lowest BCUT2D eigenvalue weighted by Gasteiger charge is -2.05. The fraction of sp³-hybridized carbons (Fsp3) is 0.214. The van der Waals surface area contributed by atoms with Crippen LogP contribution in [-0.4, -0.2) is 34.8 Å². The maximum Gasteiger partial charge on any atom is 0.271 e. The summed E-state index contributed by atoms with van der Waals surface area (Å²) in [6, 6.07) is 10.4. The average molecular weight is 272 g/mol. The van der Waals surface area contributed by atoms with Gasteiger partial charge in [-0.3, -0.25) is 4.79 Å². The largest absolute Gasteiger partial charge is 0.508 e.